The third kappa shape index (κ3) is 6.32. The van der Waals surface area contributed by atoms with Gasteiger partial charge < -0.3 is 9.22 Å². The molecule has 0 unspecified atom stereocenters. The van der Waals surface area contributed by atoms with Gasteiger partial charge >= 0.3 is 0 Å². The quantitative estimate of drug-likeness (QED) is 0.522. The highest BCUT2D eigenvalue weighted by Gasteiger charge is 2.05. The maximum atomic E-state index is 5.43. The van der Waals surface area contributed by atoms with E-state index in [4.69, 9.17) is 4.74 Å². The van der Waals surface area contributed by atoms with Crippen LogP contribution in [0, 0.1) is 0 Å². The fourth-order valence-corrected chi connectivity index (χ4v) is 1.83. The minimum absolute atomic E-state index is 0.739. The molecule has 0 aliphatic heterocycles. The number of hydrogen-bond donors (Lipinski definition) is 0. The smallest absolute Gasteiger partial charge is 0.119 e. The van der Waals surface area contributed by atoms with Crippen molar-refractivity contribution in [3.63, 3.8) is 0 Å². The Balaban J connectivity index is 2.27. The second kappa shape index (κ2) is 6.65. The van der Waals surface area contributed by atoms with Crippen LogP contribution in [0.15, 0.2) is 24.3 Å². The molecule has 1 aromatic carbocycles. The predicted molar refractivity (Wildman–Crippen MR) is 73.4 cm³/mol. The number of ether oxygens (including phenoxy) is 1. The predicted octanol–water partition coefficient (Wildman–Crippen LogP) is 3.11. The first-order chi connectivity index (χ1) is 8.01. The molecule has 1 rings (SSSR count). The number of unbranched alkanes of at least 4 members (excludes halogenated alkanes) is 1. The molecule has 0 saturated carbocycles. The van der Waals surface area contributed by atoms with Crippen LogP contribution in [0.25, 0.3) is 0 Å². The summed E-state index contributed by atoms with van der Waals surface area (Å²) in [5.41, 5.74) is 1.41. The van der Waals surface area contributed by atoms with Gasteiger partial charge in [-0.3, -0.25) is 0 Å². The molecule has 0 radical (unpaired) electrons. The molecule has 17 heavy (non-hydrogen) atoms. The largest absolute Gasteiger partial charge is 0.494 e. The Bertz CT molecular complexity index is 311. The average molecular weight is 236 g/mol. The molecule has 0 atom stereocenters. The Kier molecular flexibility index (Phi) is 5.49. The van der Waals surface area contributed by atoms with E-state index in [1.165, 1.54) is 31.4 Å². The molecule has 0 saturated heterocycles. The van der Waals surface area contributed by atoms with Crippen LogP contribution in [-0.4, -0.2) is 38.8 Å². The SMILES string of the molecule is CCOc1ccc(CCCC[N+](C)(C)C)cc1. The molecule has 0 heterocycles. The number of nitrogens with zero attached hydrogens (tertiary/aromatic N) is 1. The number of quaternary nitrogens is 1. The lowest BCUT2D eigenvalue weighted by atomic mass is 10.1. The lowest BCUT2D eigenvalue weighted by Gasteiger charge is -2.23. The van der Waals surface area contributed by atoms with Crippen molar-refractivity contribution in [3.05, 3.63) is 29.8 Å². The molecule has 0 amide bonds. The summed E-state index contributed by atoms with van der Waals surface area (Å²) in [7, 11) is 6.74. The lowest BCUT2D eigenvalue weighted by molar-refractivity contribution is -0.870. The van der Waals surface area contributed by atoms with Crippen LogP contribution in [0.5, 0.6) is 5.75 Å². The van der Waals surface area contributed by atoms with E-state index in [9.17, 15) is 0 Å². The lowest BCUT2D eigenvalue weighted by Crippen LogP contribution is -2.35. The van der Waals surface area contributed by atoms with E-state index >= 15 is 0 Å². The van der Waals surface area contributed by atoms with Gasteiger partial charge in [-0.25, -0.2) is 0 Å². The van der Waals surface area contributed by atoms with Gasteiger partial charge in [-0.2, -0.15) is 0 Å². The standard InChI is InChI=1S/C15H26NO/c1-5-17-15-11-9-14(10-12-15)8-6-7-13-16(2,3)4/h9-12H,5-8,13H2,1-4H3/q+1. The Morgan fingerprint density at radius 1 is 1.00 bits per heavy atom. The van der Waals surface area contributed by atoms with Crippen LogP contribution >= 0.6 is 0 Å². The second-order valence-corrected chi connectivity index (χ2v) is 5.55. The number of hydrogen-bond acceptors (Lipinski definition) is 1. The van der Waals surface area contributed by atoms with Gasteiger partial charge in [0.05, 0.1) is 34.3 Å². The van der Waals surface area contributed by atoms with E-state index in [0.717, 1.165) is 16.8 Å². The molecule has 0 fully saturated rings. The molecular weight excluding hydrogens is 210 g/mol. The van der Waals surface area contributed by atoms with E-state index in [-0.39, 0.29) is 0 Å². The third-order valence-electron chi connectivity index (χ3n) is 2.78. The van der Waals surface area contributed by atoms with Crippen molar-refractivity contribution < 1.29 is 9.22 Å². The number of benzene rings is 1. The van der Waals surface area contributed by atoms with Crippen LogP contribution in [0.3, 0.4) is 0 Å². The highest BCUT2D eigenvalue weighted by Crippen LogP contribution is 2.14. The zero-order chi connectivity index (χ0) is 12.7. The van der Waals surface area contributed by atoms with Gasteiger partial charge in [-0.05, 0) is 43.9 Å². The monoisotopic (exact) mass is 236 g/mol. The topological polar surface area (TPSA) is 9.23 Å². The summed E-state index contributed by atoms with van der Waals surface area (Å²) in [5.74, 6) is 0.975. The molecule has 96 valence electrons. The van der Waals surface area contributed by atoms with Crippen LogP contribution in [0.1, 0.15) is 25.3 Å². The van der Waals surface area contributed by atoms with Gasteiger partial charge in [0.15, 0.2) is 0 Å². The summed E-state index contributed by atoms with van der Waals surface area (Å²) in [6.07, 6.45) is 3.73. The number of rotatable bonds is 7. The Morgan fingerprint density at radius 2 is 1.65 bits per heavy atom. The first-order valence-electron chi connectivity index (χ1n) is 6.53. The molecule has 0 aromatic heterocycles. The number of aryl methyl sites for hydroxylation is 1. The molecule has 2 heteroatoms. The van der Waals surface area contributed by atoms with Gasteiger partial charge in [0.2, 0.25) is 0 Å². The van der Waals surface area contributed by atoms with Gasteiger partial charge in [0, 0.05) is 0 Å². The summed E-state index contributed by atoms with van der Waals surface area (Å²) < 4.78 is 6.49. The molecule has 0 bridgehead atoms. The molecule has 2 nitrogen and oxygen atoms in total. The van der Waals surface area contributed by atoms with Crippen molar-refractivity contribution in [2.24, 2.45) is 0 Å². The van der Waals surface area contributed by atoms with Crippen molar-refractivity contribution in [2.45, 2.75) is 26.2 Å². The average Bonchev–Trinajstić information content (AvgIpc) is 2.26. The van der Waals surface area contributed by atoms with Crippen LogP contribution in [-0.2, 0) is 6.42 Å². The molecular formula is C15H26NO+. The maximum Gasteiger partial charge on any atom is 0.119 e. The Labute approximate surface area is 106 Å². The van der Waals surface area contributed by atoms with Gasteiger partial charge in [0.1, 0.15) is 5.75 Å². The van der Waals surface area contributed by atoms with Crippen molar-refractivity contribution in [1.82, 2.24) is 0 Å². The minimum Gasteiger partial charge on any atom is -0.494 e. The van der Waals surface area contributed by atoms with E-state index in [1.54, 1.807) is 0 Å². The summed E-state index contributed by atoms with van der Waals surface area (Å²) >= 11 is 0. The van der Waals surface area contributed by atoms with E-state index < -0.39 is 0 Å². The summed E-state index contributed by atoms with van der Waals surface area (Å²) in [5, 5.41) is 0. The molecule has 0 N–H and O–H groups in total. The normalized spacial score (nSPS) is 11.5. The Morgan fingerprint density at radius 3 is 2.18 bits per heavy atom. The third-order valence-corrected chi connectivity index (χ3v) is 2.78. The first-order valence-corrected chi connectivity index (χ1v) is 6.53. The van der Waals surface area contributed by atoms with E-state index in [0.29, 0.717) is 0 Å². The summed E-state index contributed by atoms with van der Waals surface area (Å²) in [6, 6.07) is 8.49. The van der Waals surface area contributed by atoms with Crippen LogP contribution in [0.2, 0.25) is 0 Å². The Hall–Kier alpha value is -1.02. The molecule has 1 aromatic rings. The maximum absolute atomic E-state index is 5.43. The highest BCUT2D eigenvalue weighted by molar-refractivity contribution is 5.27. The fourth-order valence-electron chi connectivity index (χ4n) is 1.83. The molecule has 0 aliphatic carbocycles. The summed E-state index contributed by atoms with van der Waals surface area (Å²) in [6.45, 7) is 4.00. The van der Waals surface area contributed by atoms with Gasteiger partial charge in [-0.15, -0.1) is 0 Å². The van der Waals surface area contributed by atoms with E-state index in [2.05, 4.69) is 45.4 Å². The van der Waals surface area contributed by atoms with E-state index in [1.807, 2.05) is 6.92 Å². The van der Waals surface area contributed by atoms with Crippen molar-refractivity contribution in [3.8, 4) is 5.75 Å². The zero-order valence-electron chi connectivity index (χ0n) is 11.7. The molecule has 0 spiro atoms. The van der Waals surface area contributed by atoms with Crippen molar-refractivity contribution in [1.29, 1.82) is 0 Å². The van der Waals surface area contributed by atoms with Crippen molar-refractivity contribution in [2.75, 3.05) is 34.3 Å². The zero-order valence-corrected chi connectivity index (χ0v) is 11.7. The highest BCUT2D eigenvalue weighted by atomic mass is 16.5. The van der Waals surface area contributed by atoms with Crippen LogP contribution in [0.4, 0.5) is 0 Å². The molecule has 0 aliphatic rings. The van der Waals surface area contributed by atoms with Crippen LogP contribution < -0.4 is 4.74 Å². The van der Waals surface area contributed by atoms with Gasteiger partial charge in [0.25, 0.3) is 0 Å². The van der Waals surface area contributed by atoms with Crippen molar-refractivity contribution >= 4 is 0 Å². The summed E-state index contributed by atoms with van der Waals surface area (Å²) in [4.78, 5) is 0. The fraction of sp³-hybridized carbons (Fsp3) is 0.600. The first kappa shape index (κ1) is 14.0. The van der Waals surface area contributed by atoms with Gasteiger partial charge in [-0.1, -0.05) is 12.1 Å². The second-order valence-electron chi connectivity index (χ2n) is 5.55. The minimum atomic E-state index is 0.739.